The summed E-state index contributed by atoms with van der Waals surface area (Å²) in [5, 5.41) is 19.6. The lowest BCUT2D eigenvalue weighted by molar-refractivity contribution is -0.0732. The molecule has 0 aliphatic rings. The quantitative estimate of drug-likeness (QED) is 0.721. The zero-order valence-electron chi connectivity index (χ0n) is 8.61. The van der Waals surface area contributed by atoms with Gasteiger partial charge in [0.1, 0.15) is 11.5 Å². The Morgan fingerprint density at radius 1 is 1.43 bits per heavy atom. The van der Waals surface area contributed by atoms with Crippen molar-refractivity contribution in [2.24, 2.45) is 0 Å². The molecule has 14 heavy (non-hydrogen) atoms. The van der Waals surface area contributed by atoms with Gasteiger partial charge in [0.15, 0.2) is 0 Å². The Morgan fingerprint density at radius 3 is 2.57 bits per heavy atom. The van der Waals surface area contributed by atoms with Gasteiger partial charge in [0.05, 0.1) is 7.11 Å². The van der Waals surface area contributed by atoms with Crippen molar-refractivity contribution in [3.63, 3.8) is 0 Å². The molecule has 1 rings (SSSR count). The summed E-state index contributed by atoms with van der Waals surface area (Å²) >= 11 is 0. The van der Waals surface area contributed by atoms with E-state index in [0.717, 1.165) is 10.6 Å². The van der Waals surface area contributed by atoms with Crippen LogP contribution in [-0.2, 0) is 6.54 Å². The van der Waals surface area contributed by atoms with E-state index < -0.39 is 0 Å². The molecule has 0 atom stereocenters. The summed E-state index contributed by atoms with van der Waals surface area (Å²) in [6.45, 7) is 2.13. The Kier molecular flexibility index (Phi) is 3.33. The van der Waals surface area contributed by atoms with Crippen molar-refractivity contribution >= 4 is 0 Å². The van der Waals surface area contributed by atoms with Crippen molar-refractivity contribution in [1.29, 1.82) is 0 Å². The molecule has 0 fully saturated rings. The van der Waals surface area contributed by atoms with Gasteiger partial charge in [-0.2, -0.15) is 5.06 Å². The maximum Gasteiger partial charge on any atom is 0.125 e. The van der Waals surface area contributed by atoms with Crippen LogP contribution in [0.15, 0.2) is 12.1 Å². The molecule has 1 aromatic carbocycles. The molecule has 0 saturated carbocycles. The molecule has 0 unspecified atom stereocenters. The Balaban J connectivity index is 3.03. The third kappa shape index (κ3) is 2.37. The topological polar surface area (TPSA) is 52.9 Å². The van der Waals surface area contributed by atoms with Crippen molar-refractivity contribution < 1.29 is 15.1 Å². The number of nitrogens with zero attached hydrogens (tertiary/aromatic N) is 1. The van der Waals surface area contributed by atoms with Gasteiger partial charge >= 0.3 is 0 Å². The van der Waals surface area contributed by atoms with Crippen molar-refractivity contribution in [1.82, 2.24) is 5.06 Å². The van der Waals surface area contributed by atoms with Gasteiger partial charge in [0.2, 0.25) is 0 Å². The van der Waals surface area contributed by atoms with E-state index in [1.165, 1.54) is 0 Å². The number of phenols is 1. The van der Waals surface area contributed by atoms with Gasteiger partial charge in [-0.1, -0.05) is 0 Å². The van der Waals surface area contributed by atoms with E-state index in [9.17, 15) is 5.11 Å². The van der Waals surface area contributed by atoms with E-state index in [1.807, 2.05) is 0 Å². The zero-order chi connectivity index (χ0) is 10.7. The van der Waals surface area contributed by atoms with Gasteiger partial charge < -0.3 is 15.1 Å². The van der Waals surface area contributed by atoms with Crippen LogP contribution >= 0.6 is 0 Å². The molecule has 0 heterocycles. The lowest BCUT2D eigenvalue weighted by Crippen LogP contribution is -2.11. The molecule has 4 nitrogen and oxygen atoms in total. The summed E-state index contributed by atoms with van der Waals surface area (Å²) < 4.78 is 5.09. The molecule has 0 radical (unpaired) electrons. The molecular weight excluding hydrogens is 182 g/mol. The van der Waals surface area contributed by atoms with Gasteiger partial charge in [-0.25, -0.2) is 0 Å². The number of hydroxylamine groups is 2. The highest BCUT2D eigenvalue weighted by molar-refractivity contribution is 5.46. The fraction of sp³-hybridized carbons (Fsp3) is 0.400. The van der Waals surface area contributed by atoms with Crippen molar-refractivity contribution in [2.75, 3.05) is 14.2 Å². The number of ether oxygens (including phenoxy) is 1. The minimum Gasteiger partial charge on any atom is -0.508 e. The van der Waals surface area contributed by atoms with Crippen molar-refractivity contribution in [3.8, 4) is 11.5 Å². The van der Waals surface area contributed by atoms with Crippen LogP contribution in [-0.4, -0.2) is 29.5 Å². The summed E-state index contributed by atoms with van der Waals surface area (Å²) in [6.07, 6.45) is 0. The first kappa shape index (κ1) is 10.8. The second kappa shape index (κ2) is 4.30. The lowest BCUT2D eigenvalue weighted by atomic mass is 10.1. The number of aromatic hydroxyl groups is 1. The van der Waals surface area contributed by atoms with E-state index in [-0.39, 0.29) is 5.75 Å². The number of hydrogen-bond donors (Lipinski definition) is 2. The first-order valence-corrected chi connectivity index (χ1v) is 4.31. The van der Waals surface area contributed by atoms with E-state index in [0.29, 0.717) is 17.9 Å². The second-order valence-corrected chi connectivity index (χ2v) is 3.26. The Labute approximate surface area is 83.3 Å². The van der Waals surface area contributed by atoms with Gasteiger partial charge in [-0.15, -0.1) is 0 Å². The summed E-state index contributed by atoms with van der Waals surface area (Å²) in [7, 11) is 3.09. The van der Waals surface area contributed by atoms with Gasteiger partial charge in [0, 0.05) is 19.2 Å². The molecular formula is C10H15NO3. The first-order chi connectivity index (χ1) is 6.54. The van der Waals surface area contributed by atoms with Crippen LogP contribution in [0, 0.1) is 6.92 Å². The normalized spacial score (nSPS) is 10.6. The third-order valence-corrected chi connectivity index (χ3v) is 2.02. The van der Waals surface area contributed by atoms with E-state index in [2.05, 4.69) is 0 Å². The standard InChI is InChI=1S/C10H15NO3/c1-7-9(12)4-8(6-11(2)13)5-10(7)14-3/h4-5,12-13H,6H2,1-3H3. The van der Waals surface area contributed by atoms with Crippen LogP contribution in [0.1, 0.15) is 11.1 Å². The molecule has 0 spiro atoms. The van der Waals surface area contributed by atoms with Crippen LogP contribution < -0.4 is 4.74 Å². The predicted molar refractivity (Wildman–Crippen MR) is 52.6 cm³/mol. The zero-order valence-corrected chi connectivity index (χ0v) is 8.61. The average Bonchev–Trinajstić information content (AvgIpc) is 2.10. The maximum atomic E-state index is 9.54. The maximum absolute atomic E-state index is 9.54. The molecule has 4 heteroatoms. The molecule has 1 aromatic rings. The third-order valence-electron chi connectivity index (χ3n) is 2.02. The number of hydrogen-bond acceptors (Lipinski definition) is 4. The Bertz CT molecular complexity index is 323. The monoisotopic (exact) mass is 197 g/mol. The van der Waals surface area contributed by atoms with Crippen LogP contribution in [0.3, 0.4) is 0 Å². The molecule has 0 aliphatic heterocycles. The number of methoxy groups -OCH3 is 1. The highest BCUT2D eigenvalue weighted by atomic mass is 16.5. The SMILES string of the molecule is COc1cc(CN(C)O)cc(O)c1C. The Morgan fingerprint density at radius 2 is 2.07 bits per heavy atom. The molecule has 0 amide bonds. The summed E-state index contributed by atoms with van der Waals surface area (Å²) in [4.78, 5) is 0. The first-order valence-electron chi connectivity index (χ1n) is 4.31. The number of benzene rings is 1. The fourth-order valence-corrected chi connectivity index (χ4v) is 1.30. The fourth-order valence-electron chi connectivity index (χ4n) is 1.30. The highest BCUT2D eigenvalue weighted by Gasteiger charge is 2.07. The number of rotatable bonds is 3. The highest BCUT2D eigenvalue weighted by Crippen LogP contribution is 2.28. The van der Waals surface area contributed by atoms with E-state index in [4.69, 9.17) is 9.94 Å². The van der Waals surface area contributed by atoms with E-state index >= 15 is 0 Å². The molecule has 0 saturated heterocycles. The molecule has 0 bridgehead atoms. The minimum absolute atomic E-state index is 0.182. The summed E-state index contributed by atoms with van der Waals surface area (Å²) in [5.74, 6) is 0.808. The molecule has 0 aromatic heterocycles. The molecule has 0 aliphatic carbocycles. The van der Waals surface area contributed by atoms with Gasteiger partial charge in [-0.3, -0.25) is 0 Å². The Hall–Kier alpha value is -1.26. The smallest absolute Gasteiger partial charge is 0.125 e. The number of phenolic OH excluding ortho intramolecular Hbond substituents is 1. The largest absolute Gasteiger partial charge is 0.508 e. The molecule has 2 N–H and O–H groups in total. The predicted octanol–water partition coefficient (Wildman–Crippen LogP) is 1.53. The second-order valence-electron chi connectivity index (χ2n) is 3.26. The van der Waals surface area contributed by atoms with Crippen molar-refractivity contribution in [2.45, 2.75) is 13.5 Å². The summed E-state index contributed by atoms with van der Waals surface area (Å²) in [5.41, 5.74) is 1.51. The minimum atomic E-state index is 0.182. The van der Waals surface area contributed by atoms with Gasteiger partial charge in [0.25, 0.3) is 0 Å². The lowest BCUT2D eigenvalue weighted by Gasteiger charge is -2.12. The van der Waals surface area contributed by atoms with E-state index in [1.54, 1.807) is 33.2 Å². The van der Waals surface area contributed by atoms with Crippen LogP contribution in [0.25, 0.3) is 0 Å². The average molecular weight is 197 g/mol. The summed E-state index contributed by atoms with van der Waals surface area (Å²) in [6, 6.07) is 3.41. The van der Waals surface area contributed by atoms with Gasteiger partial charge in [-0.05, 0) is 24.6 Å². The molecule has 78 valence electrons. The van der Waals surface area contributed by atoms with Crippen LogP contribution in [0.2, 0.25) is 0 Å². The van der Waals surface area contributed by atoms with Crippen LogP contribution in [0.5, 0.6) is 11.5 Å². The van der Waals surface area contributed by atoms with Crippen molar-refractivity contribution in [3.05, 3.63) is 23.3 Å². The van der Waals surface area contributed by atoms with Crippen LogP contribution in [0.4, 0.5) is 0 Å².